The number of ether oxygens (including phenoxy) is 2. The second-order valence-corrected chi connectivity index (χ2v) is 9.36. The fraction of sp³-hybridized carbons (Fsp3) is 0.591. The summed E-state index contributed by atoms with van der Waals surface area (Å²) < 4.78 is 12.4. The number of aromatic nitrogens is 1. The zero-order valence-electron chi connectivity index (χ0n) is 16.8. The Morgan fingerprint density at radius 3 is 2.34 bits per heavy atom. The van der Waals surface area contributed by atoms with Crippen molar-refractivity contribution in [3.63, 3.8) is 0 Å². The van der Waals surface area contributed by atoms with E-state index in [4.69, 9.17) is 14.9 Å². The lowest BCUT2D eigenvalue weighted by atomic mass is 9.49. The number of nitrogens with one attached hydrogen (secondary N) is 1. The van der Waals surface area contributed by atoms with Crippen LogP contribution in [-0.2, 0) is 9.47 Å². The topological polar surface area (TPSA) is 127 Å². The lowest BCUT2D eigenvalue weighted by Crippen LogP contribution is -2.61. The monoisotopic (exact) mass is 389 g/mol. The maximum atomic E-state index is 10.4. The van der Waals surface area contributed by atoms with Gasteiger partial charge in [0.05, 0.1) is 24.1 Å². The number of hydrogen-bond donors (Lipinski definition) is 1. The lowest BCUT2D eigenvalue weighted by molar-refractivity contribution is -0.301. The van der Waals surface area contributed by atoms with E-state index < -0.39 is 28.6 Å². The molecule has 4 rings (SSSR count). The number of rotatable bonds is 1. The number of nitrogens with zero attached hydrogens (tertiary/aromatic N) is 4. The predicted octanol–water partition coefficient (Wildman–Crippen LogP) is 3.86. The van der Waals surface area contributed by atoms with Crippen molar-refractivity contribution < 1.29 is 9.47 Å². The van der Waals surface area contributed by atoms with E-state index in [0.717, 1.165) is 6.42 Å². The van der Waals surface area contributed by atoms with Crippen LogP contribution in [0.3, 0.4) is 0 Å². The summed E-state index contributed by atoms with van der Waals surface area (Å²) in [6.07, 6.45) is 4.01. The Morgan fingerprint density at radius 1 is 1.14 bits per heavy atom. The van der Waals surface area contributed by atoms with Gasteiger partial charge in [0.25, 0.3) is 0 Å². The third kappa shape index (κ3) is 2.24. The standard InChI is InChI=1S/C22H23N5O2/c1-19(2,3)15-4-7-22-16(10-15)21(13-25,18(26)29-22)20(11-23,12-24)17(28-22)14-5-8-27-9-6-14/h5-6,8-9,15-17,26H,4,7,10H2,1-3H3. The third-order valence-electron chi connectivity index (χ3n) is 7.14. The largest absolute Gasteiger partial charge is 0.447 e. The van der Waals surface area contributed by atoms with Crippen molar-refractivity contribution in [3.8, 4) is 18.2 Å². The summed E-state index contributed by atoms with van der Waals surface area (Å²) in [5.41, 5.74) is -3.02. The van der Waals surface area contributed by atoms with Gasteiger partial charge in [0, 0.05) is 18.8 Å². The van der Waals surface area contributed by atoms with E-state index in [0.29, 0.717) is 18.4 Å². The second kappa shape index (κ2) is 6.02. The summed E-state index contributed by atoms with van der Waals surface area (Å²) >= 11 is 0. The van der Waals surface area contributed by atoms with Gasteiger partial charge in [-0.3, -0.25) is 10.4 Å². The molecule has 2 bridgehead atoms. The van der Waals surface area contributed by atoms with Crippen molar-refractivity contribution >= 4 is 5.90 Å². The molecule has 0 aromatic carbocycles. The molecule has 0 spiro atoms. The molecule has 0 amide bonds. The summed E-state index contributed by atoms with van der Waals surface area (Å²) in [5, 5.41) is 39.5. The van der Waals surface area contributed by atoms with E-state index in [-0.39, 0.29) is 17.2 Å². The first-order valence-corrected chi connectivity index (χ1v) is 9.80. The Kier molecular flexibility index (Phi) is 4.02. The van der Waals surface area contributed by atoms with E-state index in [2.05, 4.69) is 44.0 Å². The highest BCUT2D eigenvalue weighted by Crippen LogP contribution is 2.70. The molecular formula is C22H23N5O2. The third-order valence-corrected chi connectivity index (χ3v) is 7.14. The molecule has 5 atom stereocenters. The zero-order chi connectivity index (χ0) is 21.1. The van der Waals surface area contributed by atoms with Crippen molar-refractivity contribution in [1.29, 1.82) is 21.2 Å². The van der Waals surface area contributed by atoms with E-state index in [1.54, 1.807) is 24.5 Å². The first kappa shape index (κ1) is 19.4. The molecule has 3 aliphatic rings. The Labute approximate surface area is 170 Å². The average molecular weight is 389 g/mol. The van der Waals surface area contributed by atoms with Gasteiger partial charge in [-0.2, -0.15) is 15.8 Å². The van der Waals surface area contributed by atoms with E-state index >= 15 is 0 Å². The van der Waals surface area contributed by atoms with Crippen molar-refractivity contribution in [2.75, 3.05) is 0 Å². The SMILES string of the molecule is CC(C)(C)C1CCC23OC(=N)C(C#N)(C2C1)C(C#N)(C#N)C(c1ccncc1)O3. The molecule has 5 unspecified atom stereocenters. The highest BCUT2D eigenvalue weighted by molar-refractivity contribution is 5.89. The fourth-order valence-electron chi connectivity index (χ4n) is 5.46. The molecule has 148 valence electrons. The van der Waals surface area contributed by atoms with Gasteiger partial charge in [-0.05, 0) is 41.9 Å². The van der Waals surface area contributed by atoms with Crippen LogP contribution < -0.4 is 0 Å². The highest BCUT2D eigenvalue weighted by Gasteiger charge is 2.81. The van der Waals surface area contributed by atoms with E-state index in [9.17, 15) is 15.8 Å². The Morgan fingerprint density at radius 2 is 1.79 bits per heavy atom. The van der Waals surface area contributed by atoms with Crippen LogP contribution in [0.25, 0.3) is 0 Å². The minimum atomic E-state index is -1.90. The molecule has 2 saturated heterocycles. The molecule has 1 aromatic heterocycles. The van der Waals surface area contributed by atoms with Gasteiger partial charge < -0.3 is 9.47 Å². The van der Waals surface area contributed by atoms with Crippen molar-refractivity contribution in [2.45, 2.75) is 51.9 Å². The molecule has 3 fully saturated rings. The maximum absolute atomic E-state index is 10.4. The molecule has 29 heavy (non-hydrogen) atoms. The summed E-state index contributed by atoms with van der Waals surface area (Å²) in [6, 6.07) is 9.79. The predicted molar refractivity (Wildman–Crippen MR) is 102 cm³/mol. The van der Waals surface area contributed by atoms with Gasteiger partial charge in [-0.1, -0.05) is 20.8 Å². The van der Waals surface area contributed by atoms with Gasteiger partial charge >= 0.3 is 0 Å². The maximum Gasteiger partial charge on any atom is 0.217 e. The van der Waals surface area contributed by atoms with Gasteiger partial charge in [-0.15, -0.1) is 0 Å². The smallest absolute Gasteiger partial charge is 0.217 e. The van der Waals surface area contributed by atoms with Crippen LogP contribution in [-0.4, -0.2) is 16.7 Å². The van der Waals surface area contributed by atoms with Gasteiger partial charge in [0.15, 0.2) is 5.41 Å². The quantitative estimate of drug-likeness (QED) is 0.777. The molecule has 7 nitrogen and oxygen atoms in total. The van der Waals surface area contributed by atoms with Gasteiger partial charge in [0.2, 0.25) is 17.1 Å². The highest BCUT2D eigenvalue weighted by atomic mass is 16.7. The summed E-state index contributed by atoms with van der Waals surface area (Å²) in [4.78, 5) is 4.00. The molecule has 1 aromatic rings. The van der Waals surface area contributed by atoms with Crippen LogP contribution in [0.15, 0.2) is 24.5 Å². The number of pyridine rings is 1. The van der Waals surface area contributed by atoms with Crippen molar-refractivity contribution in [2.24, 2.45) is 28.1 Å². The van der Waals surface area contributed by atoms with Crippen LogP contribution in [0, 0.1) is 67.5 Å². The van der Waals surface area contributed by atoms with E-state index in [1.165, 1.54) is 0 Å². The summed E-state index contributed by atoms with van der Waals surface area (Å²) in [6.45, 7) is 6.44. The molecule has 0 radical (unpaired) electrons. The Hall–Kier alpha value is -2.95. The molecule has 1 N–H and O–H groups in total. The van der Waals surface area contributed by atoms with Crippen LogP contribution >= 0.6 is 0 Å². The van der Waals surface area contributed by atoms with E-state index in [1.807, 2.05) is 0 Å². The summed E-state index contributed by atoms with van der Waals surface area (Å²) in [5.74, 6) is -1.78. The minimum absolute atomic E-state index is 0.0101. The molecule has 7 heteroatoms. The molecular weight excluding hydrogens is 366 g/mol. The van der Waals surface area contributed by atoms with Gasteiger partial charge in [-0.25, -0.2) is 0 Å². The Bertz CT molecular complexity index is 966. The molecule has 2 aliphatic heterocycles. The molecule has 1 saturated carbocycles. The van der Waals surface area contributed by atoms with Crippen molar-refractivity contribution in [1.82, 2.24) is 4.98 Å². The number of nitriles is 3. The van der Waals surface area contributed by atoms with Crippen LogP contribution in [0.5, 0.6) is 0 Å². The zero-order valence-corrected chi connectivity index (χ0v) is 16.8. The lowest BCUT2D eigenvalue weighted by Gasteiger charge is -2.54. The number of hydrogen-bond acceptors (Lipinski definition) is 7. The molecule has 3 heterocycles. The van der Waals surface area contributed by atoms with Crippen LogP contribution in [0.2, 0.25) is 0 Å². The first-order valence-electron chi connectivity index (χ1n) is 9.80. The normalized spacial score (nSPS) is 37.4. The van der Waals surface area contributed by atoms with Crippen LogP contribution in [0.1, 0.15) is 51.7 Å². The Balaban J connectivity index is 1.95. The average Bonchev–Trinajstić information content (AvgIpc) is 2.91. The summed E-state index contributed by atoms with van der Waals surface area (Å²) in [7, 11) is 0. The first-order chi connectivity index (χ1) is 13.7. The second-order valence-electron chi connectivity index (χ2n) is 9.36. The van der Waals surface area contributed by atoms with Crippen LogP contribution in [0.4, 0.5) is 0 Å². The minimum Gasteiger partial charge on any atom is -0.447 e. The van der Waals surface area contributed by atoms with Crippen molar-refractivity contribution in [3.05, 3.63) is 30.1 Å². The van der Waals surface area contributed by atoms with Gasteiger partial charge in [0.1, 0.15) is 6.10 Å². The fourth-order valence-corrected chi connectivity index (χ4v) is 5.46. The molecule has 1 aliphatic carbocycles.